The van der Waals surface area contributed by atoms with Crippen molar-refractivity contribution in [2.45, 2.75) is 6.92 Å². The van der Waals surface area contributed by atoms with Crippen LogP contribution in [0, 0.1) is 6.92 Å². The Morgan fingerprint density at radius 2 is 2.05 bits per heavy atom. The molecule has 0 aliphatic rings. The zero-order valence-electron chi connectivity index (χ0n) is 11.0. The molecule has 4 nitrogen and oxygen atoms in total. The molecule has 5 heteroatoms. The lowest BCUT2D eigenvalue weighted by Gasteiger charge is -2.04. The maximum absolute atomic E-state index is 5.89. The topological polar surface area (TPSA) is 56.2 Å². The second-order valence-corrected chi connectivity index (χ2v) is 5.42. The van der Waals surface area contributed by atoms with E-state index in [0.29, 0.717) is 5.95 Å². The van der Waals surface area contributed by atoms with Crippen molar-refractivity contribution in [3.8, 4) is 11.3 Å². The van der Waals surface area contributed by atoms with E-state index in [0.717, 1.165) is 16.1 Å². The van der Waals surface area contributed by atoms with E-state index in [2.05, 4.69) is 29.1 Å². The van der Waals surface area contributed by atoms with E-state index >= 15 is 0 Å². The summed E-state index contributed by atoms with van der Waals surface area (Å²) in [7, 11) is 0. The SMILES string of the molecule is Cc1ccc(-c2cnc(N)n2N=Cc2cccs2)cc1. The van der Waals surface area contributed by atoms with Crippen LogP contribution in [0.15, 0.2) is 53.1 Å². The summed E-state index contributed by atoms with van der Waals surface area (Å²) < 4.78 is 1.66. The Labute approximate surface area is 121 Å². The fraction of sp³-hybridized carbons (Fsp3) is 0.0667. The molecule has 0 atom stereocenters. The lowest BCUT2D eigenvalue weighted by Crippen LogP contribution is -1.99. The predicted molar refractivity (Wildman–Crippen MR) is 84.1 cm³/mol. The van der Waals surface area contributed by atoms with Crippen molar-refractivity contribution in [3.05, 3.63) is 58.4 Å². The molecule has 2 N–H and O–H groups in total. The number of hydrogen-bond donors (Lipinski definition) is 1. The Bertz CT molecular complexity index is 724. The summed E-state index contributed by atoms with van der Waals surface area (Å²) in [6.45, 7) is 2.06. The summed E-state index contributed by atoms with van der Waals surface area (Å²) in [6, 6.07) is 12.2. The molecule has 0 spiro atoms. The lowest BCUT2D eigenvalue weighted by atomic mass is 10.1. The van der Waals surface area contributed by atoms with Crippen LogP contribution in [-0.2, 0) is 0 Å². The second-order valence-electron chi connectivity index (χ2n) is 4.44. The van der Waals surface area contributed by atoms with Crippen molar-refractivity contribution >= 4 is 23.5 Å². The number of aryl methyl sites for hydroxylation is 1. The van der Waals surface area contributed by atoms with Gasteiger partial charge in [-0.15, -0.1) is 11.3 Å². The lowest BCUT2D eigenvalue weighted by molar-refractivity contribution is 0.906. The van der Waals surface area contributed by atoms with Crippen LogP contribution in [0.4, 0.5) is 5.95 Å². The maximum Gasteiger partial charge on any atom is 0.221 e. The van der Waals surface area contributed by atoms with E-state index in [1.54, 1.807) is 28.4 Å². The number of thiophene rings is 1. The Hall–Kier alpha value is -2.40. The molecule has 0 saturated heterocycles. The molecular weight excluding hydrogens is 268 g/mol. The molecule has 0 aliphatic carbocycles. The quantitative estimate of drug-likeness (QED) is 0.749. The Morgan fingerprint density at radius 1 is 1.25 bits per heavy atom. The standard InChI is InChI=1S/C15H14N4S/c1-11-4-6-12(7-5-11)14-10-17-15(16)19(14)18-9-13-3-2-8-20-13/h2-10H,1H3,(H2,16,17). The van der Waals surface area contributed by atoms with Gasteiger partial charge < -0.3 is 5.73 Å². The molecular formula is C15H14N4S. The number of nitrogens with two attached hydrogens (primary N) is 1. The zero-order valence-corrected chi connectivity index (χ0v) is 11.8. The molecule has 0 radical (unpaired) electrons. The number of nitrogens with zero attached hydrogens (tertiary/aromatic N) is 3. The summed E-state index contributed by atoms with van der Waals surface area (Å²) in [4.78, 5) is 5.22. The summed E-state index contributed by atoms with van der Waals surface area (Å²) in [6.07, 6.45) is 3.53. The molecule has 2 aromatic heterocycles. The van der Waals surface area contributed by atoms with Gasteiger partial charge in [0.25, 0.3) is 0 Å². The highest BCUT2D eigenvalue weighted by atomic mass is 32.1. The molecule has 0 fully saturated rings. The zero-order chi connectivity index (χ0) is 13.9. The Morgan fingerprint density at radius 3 is 2.75 bits per heavy atom. The van der Waals surface area contributed by atoms with E-state index in [-0.39, 0.29) is 0 Å². The highest BCUT2D eigenvalue weighted by molar-refractivity contribution is 7.11. The van der Waals surface area contributed by atoms with Crippen LogP contribution in [0.25, 0.3) is 11.3 Å². The van der Waals surface area contributed by atoms with Crippen molar-refractivity contribution in [2.75, 3.05) is 5.73 Å². The van der Waals surface area contributed by atoms with Crippen LogP contribution in [0.3, 0.4) is 0 Å². The number of nitrogen functional groups attached to an aromatic ring is 1. The average molecular weight is 282 g/mol. The first kappa shape index (κ1) is 12.6. The number of rotatable bonds is 3. The molecule has 3 aromatic rings. The number of imidazole rings is 1. The van der Waals surface area contributed by atoms with Gasteiger partial charge in [-0.2, -0.15) is 9.78 Å². The van der Waals surface area contributed by atoms with Crippen molar-refractivity contribution in [1.82, 2.24) is 9.66 Å². The highest BCUT2D eigenvalue weighted by Gasteiger charge is 2.08. The van der Waals surface area contributed by atoms with E-state index in [9.17, 15) is 0 Å². The van der Waals surface area contributed by atoms with Gasteiger partial charge in [-0.25, -0.2) is 4.98 Å². The average Bonchev–Trinajstić information content (AvgIpc) is 3.07. The fourth-order valence-corrected chi connectivity index (χ4v) is 2.46. The third kappa shape index (κ3) is 2.48. The van der Waals surface area contributed by atoms with Gasteiger partial charge in [0, 0.05) is 10.4 Å². The molecule has 100 valence electrons. The second kappa shape index (κ2) is 5.30. The third-order valence-electron chi connectivity index (χ3n) is 2.96. The van der Waals surface area contributed by atoms with Gasteiger partial charge in [0.2, 0.25) is 5.95 Å². The van der Waals surface area contributed by atoms with E-state index in [1.165, 1.54) is 5.56 Å². The summed E-state index contributed by atoms with van der Waals surface area (Å²) in [5, 5.41) is 6.43. The van der Waals surface area contributed by atoms with Crippen molar-refractivity contribution in [1.29, 1.82) is 0 Å². The maximum atomic E-state index is 5.89. The first-order valence-corrected chi connectivity index (χ1v) is 7.10. The number of aromatic nitrogens is 2. The highest BCUT2D eigenvalue weighted by Crippen LogP contribution is 2.22. The molecule has 0 saturated carbocycles. The molecule has 0 aliphatic heterocycles. The summed E-state index contributed by atoms with van der Waals surface area (Å²) >= 11 is 1.63. The van der Waals surface area contributed by atoms with Crippen LogP contribution < -0.4 is 5.73 Å². The van der Waals surface area contributed by atoms with Gasteiger partial charge in [-0.3, -0.25) is 0 Å². The molecule has 2 heterocycles. The molecule has 0 bridgehead atoms. The normalized spacial score (nSPS) is 11.2. The number of hydrogen-bond acceptors (Lipinski definition) is 4. The van der Waals surface area contributed by atoms with Gasteiger partial charge in [-0.1, -0.05) is 35.9 Å². The Kier molecular flexibility index (Phi) is 3.35. The largest absolute Gasteiger partial charge is 0.368 e. The summed E-state index contributed by atoms with van der Waals surface area (Å²) in [5.74, 6) is 0.383. The Balaban J connectivity index is 1.99. The molecule has 3 rings (SSSR count). The van der Waals surface area contributed by atoms with Gasteiger partial charge in [0.15, 0.2) is 0 Å². The van der Waals surface area contributed by atoms with Crippen LogP contribution in [0.1, 0.15) is 10.4 Å². The van der Waals surface area contributed by atoms with Crippen LogP contribution in [0.5, 0.6) is 0 Å². The first-order chi connectivity index (χ1) is 9.74. The van der Waals surface area contributed by atoms with Crippen molar-refractivity contribution < 1.29 is 0 Å². The van der Waals surface area contributed by atoms with E-state index in [4.69, 9.17) is 5.73 Å². The molecule has 0 unspecified atom stereocenters. The number of benzene rings is 1. The number of anilines is 1. The molecule has 0 amide bonds. The van der Waals surface area contributed by atoms with Gasteiger partial charge in [-0.05, 0) is 18.4 Å². The van der Waals surface area contributed by atoms with Gasteiger partial charge in [0.05, 0.1) is 18.1 Å². The molecule has 20 heavy (non-hydrogen) atoms. The third-order valence-corrected chi connectivity index (χ3v) is 3.76. The monoisotopic (exact) mass is 282 g/mol. The van der Waals surface area contributed by atoms with Crippen LogP contribution >= 0.6 is 11.3 Å². The minimum absolute atomic E-state index is 0.383. The van der Waals surface area contributed by atoms with E-state index in [1.807, 2.05) is 29.6 Å². The predicted octanol–water partition coefficient (Wildman–Crippen LogP) is 3.38. The molecule has 1 aromatic carbocycles. The minimum atomic E-state index is 0.383. The summed E-state index contributed by atoms with van der Waals surface area (Å²) in [5.41, 5.74) is 9.04. The van der Waals surface area contributed by atoms with Gasteiger partial charge in [0.1, 0.15) is 0 Å². The van der Waals surface area contributed by atoms with Crippen molar-refractivity contribution in [3.63, 3.8) is 0 Å². The van der Waals surface area contributed by atoms with Gasteiger partial charge >= 0.3 is 0 Å². The smallest absolute Gasteiger partial charge is 0.221 e. The van der Waals surface area contributed by atoms with E-state index < -0.39 is 0 Å². The minimum Gasteiger partial charge on any atom is -0.368 e. The van der Waals surface area contributed by atoms with Crippen molar-refractivity contribution in [2.24, 2.45) is 5.10 Å². The van der Waals surface area contributed by atoms with Crippen LogP contribution in [0.2, 0.25) is 0 Å². The first-order valence-electron chi connectivity index (χ1n) is 6.22. The van der Waals surface area contributed by atoms with Crippen LogP contribution in [-0.4, -0.2) is 15.9 Å². The fourth-order valence-electron chi connectivity index (χ4n) is 1.88.